The van der Waals surface area contributed by atoms with E-state index in [0.717, 1.165) is 42.8 Å². The molecule has 1 saturated carbocycles. The highest BCUT2D eigenvalue weighted by molar-refractivity contribution is 6.30. The SMILES string of the molecule is CN1CCC[C@H](CN2C(=O)CN(C3CC3)C2=O)[C@H]1c1cccc(Cl)c1. The molecule has 3 amide bonds. The van der Waals surface area contributed by atoms with E-state index in [9.17, 15) is 9.59 Å². The molecule has 2 atom stereocenters. The number of piperidine rings is 1. The summed E-state index contributed by atoms with van der Waals surface area (Å²) < 4.78 is 0. The zero-order chi connectivity index (χ0) is 17.6. The van der Waals surface area contributed by atoms with Gasteiger partial charge in [0.25, 0.3) is 0 Å². The fourth-order valence-corrected chi connectivity index (χ4v) is 4.51. The third kappa shape index (κ3) is 3.27. The first-order valence-electron chi connectivity index (χ1n) is 9.11. The van der Waals surface area contributed by atoms with E-state index in [1.165, 1.54) is 4.90 Å². The second kappa shape index (κ2) is 6.61. The maximum Gasteiger partial charge on any atom is 0.327 e. The third-order valence-corrected chi connectivity index (χ3v) is 5.92. The van der Waals surface area contributed by atoms with Crippen molar-refractivity contribution in [1.82, 2.24) is 14.7 Å². The first-order chi connectivity index (χ1) is 12.0. The van der Waals surface area contributed by atoms with Crippen LogP contribution in [-0.2, 0) is 4.79 Å². The lowest BCUT2D eigenvalue weighted by molar-refractivity contribution is -0.126. The molecule has 1 aliphatic carbocycles. The molecule has 2 heterocycles. The van der Waals surface area contributed by atoms with Crippen LogP contribution in [0, 0.1) is 5.92 Å². The molecule has 1 aromatic rings. The van der Waals surface area contributed by atoms with Crippen molar-refractivity contribution in [2.24, 2.45) is 5.92 Å². The lowest BCUT2D eigenvalue weighted by Gasteiger charge is -2.40. The molecule has 3 aliphatic rings. The molecular weight excluding hydrogens is 338 g/mol. The highest BCUT2D eigenvalue weighted by Crippen LogP contribution is 2.38. The van der Waals surface area contributed by atoms with Crippen molar-refractivity contribution in [3.63, 3.8) is 0 Å². The number of imide groups is 1. The van der Waals surface area contributed by atoms with E-state index in [1.54, 1.807) is 4.90 Å². The Labute approximate surface area is 153 Å². The Kier molecular flexibility index (Phi) is 4.46. The van der Waals surface area contributed by atoms with E-state index >= 15 is 0 Å². The molecule has 6 heteroatoms. The van der Waals surface area contributed by atoms with E-state index in [0.29, 0.717) is 12.6 Å². The summed E-state index contributed by atoms with van der Waals surface area (Å²) in [5.41, 5.74) is 1.16. The van der Waals surface area contributed by atoms with Gasteiger partial charge in [0.05, 0.1) is 0 Å². The van der Waals surface area contributed by atoms with Crippen LogP contribution in [0.3, 0.4) is 0 Å². The van der Waals surface area contributed by atoms with Gasteiger partial charge in [0.1, 0.15) is 6.54 Å². The molecule has 2 saturated heterocycles. The molecule has 0 radical (unpaired) electrons. The molecule has 25 heavy (non-hydrogen) atoms. The van der Waals surface area contributed by atoms with Gasteiger partial charge in [0.15, 0.2) is 0 Å². The minimum Gasteiger partial charge on any atom is -0.312 e. The van der Waals surface area contributed by atoms with E-state index < -0.39 is 0 Å². The van der Waals surface area contributed by atoms with Gasteiger partial charge in [-0.15, -0.1) is 0 Å². The first-order valence-corrected chi connectivity index (χ1v) is 9.49. The van der Waals surface area contributed by atoms with Crippen molar-refractivity contribution in [3.8, 4) is 0 Å². The predicted molar refractivity (Wildman–Crippen MR) is 96.4 cm³/mol. The molecule has 5 nitrogen and oxygen atoms in total. The Morgan fingerprint density at radius 1 is 1.20 bits per heavy atom. The molecule has 4 rings (SSSR count). The maximum absolute atomic E-state index is 12.6. The Bertz CT molecular complexity index is 691. The van der Waals surface area contributed by atoms with Gasteiger partial charge in [-0.25, -0.2) is 4.79 Å². The van der Waals surface area contributed by atoms with E-state index in [-0.39, 0.29) is 30.4 Å². The number of rotatable bonds is 4. The normalized spacial score (nSPS) is 28.1. The van der Waals surface area contributed by atoms with Gasteiger partial charge in [-0.1, -0.05) is 23.7 Å². The zero-order valence-electron chi connectivity index (χ0n) is 14.5. The average Bonchev–Trinajstić information content (AvgIpc) is 3.37. The fourth-order valence-electron chi connectivity index (χ4n) is 4.31. The van der Waals surface area contributed by atoms with E-state index in [1.807, 2.05) is 18.2 Å². The minimum atomic E-state index is -0.0921. The summed E-state index contributed by atoms with van der Waals surface area (Å²) in [5, 5.41) is 0.725. The molecule has 134 valence electrons. The molecule has 1 aromatic carbocycles. The highest BCUT2D eigenvalue weighted by Gasteiger charge is 2.45. The molecule has 0 bridgehead atoms. The summed E-state index contributed by atoms with van der Waals surface area (Å²) in [6.45, 7) is 1.78. The number of carbonyl (C=O) groups is 2. The Morgan fingerprint density at radius 2 is 2.00 bits per heavy atom. The van der Waals surface area contributed by atoms with Crippen molar-refractivity contribution in [2.75, 3.05) is 26.7 Å². The molecule has 2 aliphatic heterocycles. The van der Waals surface area contributed by atoms with Crippen molar-refractivity contribution in [3.05, 3.63) is 34.9 Å². The monoisotopic (exact) mass is 361 g/mol. The third-order valence-electron chi connectivity index (χ3n) is 5.69. The van der Waals surface area contributed by atoms with Crippen molar-refractivity contribution >= 4 is 23.5 Å². The summed E-state index contributed by atoms with van der Waals surface area (Å²) in [5.74, 6) is 0.194. The van der Waals surface area contributed by atoms with Crippen LogP contribution in [0.2, 0.25) is 5.02 Å². The molecule has 0 N–H and O–H groups in total. The standard InChI is InChI=1S/C19H24ClN3O2/c1-21-9-3-5-14(18(21)13-4-2-6-15(20)10-13)11-23-17(24)12-22(19(23)25)16-7-8-16/h2,4,6,10,14,16,18H,3,5,7-9,11-12H2,1H3/t14-,18-/m1/s1. The van der Waals surface area contributed by atoms with Gasteiger partial charge in [-0.05, 0) is 62.9 Å². The summed E-state index contributed by atoms with van der Waals surface area (Å²) in [4.78, 5) is 30.6. The summed E-state index contributed by atoms with van der Waals surface area (Å²) in [6, 6.07) is 8.33. The van der Waals surface area contributed by atoms with Crippen molar-refractivity contribution < 1.29 is 9.59 Å². The van der Waals surface area contributed by atoms with Gasteiger partial charge >= 0.3 is 6.03 Å². The van der Waals surface area contributed by atoms with Gasteiger partial charge in [0.2, 0.25) is 5.91 Å². The Morgan fingerprint density at radius 3 is 2.72 bits per heavy atom. The van der Waals surface area contributed by atoms with Crippen LogP contribution in [0.4, 0.5) is 4.79 Å². The Hall–Kier alpha value is -1.59. The summed E-state index contributed by atoms with van der Waals surface area (Å²) >= 11 is 6.19. The number of benzene rings is 1. The number of urea groups is 1. The largest absolute Gasteiger partial charge is 0.327 e. The molecular formula is C19H24ClN3O2. The van der Waals surface area contributed by atoms with E-state index in [2.05, 4.69) is 18.0 Å². The van der Waals surface area contributed by atoms with Crippen molar-refractivity contribution in [1.29, 1.82) is 0 Å². The lowest BCUT2D eigenvalue weighted by Crippen LogP contribution is -2.44. The van der Waals surface area contributed by atoms with Crippen LogP contribution in [-0.4, -0.2) is 59.4 Å². The van der Waals surface area contributed by atoms with Gasteiger partial charge in [-0.3, -0.25) is 14.6 Å². The molecule has 0 unspecified atom stereocenters. The van der Waals surface area contributed by atoms with Crippen molar-refractivity contribution in [2.45, 2.75) is 37.8 Å². The van der Waals surface area contributed by atoms with Crippen LogP contribution >= 0.6 is 11.6 Å². The number of likely N-dealkylation sites (tertiary alicyclic amines) is 1. The molecule has 0 spiro atoms. The zero-order valence-corrected chi connectivity index (χ0v) is 15.3. The smallest absolute Gasteiger partial charge is 0.312 e. The number of amides is 3. The van der Waals surface area contributed by atoms with Crippen LogP contribution in [0.1, 0.15) is 37.3 Å². The van der Waals surface area contributed by atoms with E-state index in [4.69, 9.17) is 11.6 Å². The number of hydrogen-bond donors (Lipinski definition) is 0. The second-order valence-corrected chi connectivity index (χ2v) is 7.97. The molecule has 0 aromatic heterocycles. The number of hydrogen-bond acceptors (Lipinski definition) is 3. The molecule has 3 fully saturated rings. The first kappa shape index (κ1) is 16.9. The minimum absolute atomic E-state index is 0.0463. The number of halogens is 1. The van der Waals surface area contributed by atoms with Crippen LogP contribution in [0.5, 0.6) is 0 Å². The topological polar surface area (TPSA) is 43.9 Å². The van der Waals surface area contributed by atoms with Gasteiger partial charge in [0, 0.05) is 23.7 Å². The quantitative estimate of drug-likeness (QED) is 0.774. The van der Waals surface area contributed by atoms with Crippen LogP contribution in [0.15, 0.2) is 24.3 Å². The van der Waals surface area contributed by atoms with Gasteiger partial charge in [-0.2, -0.15) is 0 Å². The predicted octanol–water partition coefficient (Wildman–Crippen LogP) is 3.15. The highest BCUT2D eigenvalue weighted by atomic mass is 35.5. The number of nitrogens with zero attached hydrogens (tertiary/aromatic N) is 3. The fraction of sp³-hybridized carbons (Fsp3) is 0.579. The van der Waals surface area contributed by atoms with Crippen LogP contribution < -0.4 is 0 Å². The number of carbonyl (C=O) groups excluding carboxylic acids is 2. The second-order valence-electron chi connectivity index (χ2n) is 7.53. The average molecular weight is 362 g/mol. The maximum atomic E-state index is 12.6. The van der Waals surface area contributed by atoms with Crippen LogP contribution in [0.25, 0.3) is 0 Å². The lowest BCUT2D eigenvalue weighted by atomic mass is 9.84. The Balaban J connectivity index is 1.55. The summed E-state index contributed by atoms with van der Waals surface area (Å²) in [7, 11) is 2.11. The van der Waals surface area contributed by atoms with Gasteiger partial charge < -0.3 is 4.90 Å². The summed E-state index contributed by atoms with van der Waals surface area (Å²) in [6.07, 6.45) is 4.16.